The van der Waals surface area contributed by atoms with Gasteiger partial charge in [-0.1, -0.05) is 6.92 Å². The van der Waals surface area contributed by atoms with Gasteiger partial charge in [-0.25, -0.2) is 0 Å². The van der Waals surface area contributed by atoms with Gasteiger partial charge in [0, 0.05) is 22.0 Å². The van der Waals surface area contributed by atoms with E-state index in [1.54, 1.807) is 0 Å². The number of nitrogens with one attached hydrogen (secondary N) is 1. The van der Waals surface area contributed by atoms with Gasteiger partial charge in [0.25, 0.3) is 0 Å². The molecule has 0 aliphatic carbocycles. The van der Waals surface area contributed by atoms with Gasteiger partial charge in [0.2, 0.25) is 0 Å². The fraction of sp³-hybridized carbons (Fsp3) is 0.692. The summed E-state index contributed by atoms with van der Waals surface area (Å²) >= 11 is 5.46. The maximum atomic E-state index is 5.61. The van der Waals surface area contributed by atoms with Crippen LogP contribution >= 0.6 is 27.3 Å². The van der Waals surface area contributed by atoms with Crippen LogP contribution in [0.4, 0.5) is 0 Å². The van der Waals surface area contributed by atoms with E-state index in [9.17, 15) is 0 Å². The molecule has 1 aliphatic heterocycles. The molecule has 4 heteroatoms. The number of ether oxygens (including phenoxy) is 1. The predicted molar refractivity (Wildman–Crippen MR) is 76.7 cm³/mol. The van der Waals surface area contributed by atoms with E-state index in [2.05, 4.69) is 39.6 Å². The number of thiophene rings is 1. The van der Waals surface area contributed by atoms with E-state index < -0.39 is 0 Å². The number of likely N-dealkylation sites (N-methyl/N-ethyl adjacent to an activating group) is 1. The predicted octanol–water partition coefficient (Wildman–Crippen LogP) is 3.46. The summed E-state index contributed by atoms with van der Waals surface area (Å²) in [6.45, 7) is 5.07. The molecular weight excluding hydrogens is 298 g/mol. The molecule has 2 atom stereocenters. The van der Waals surface area contributed by atoms with Crippen molar-refractivity contribution >= 4 is 27.3 Å². The molecule has 2 nitrogen and oxygen atoms in total. The topological polar surface area (TPSA) is 21.3 Å². The van der Waals surface area contributed by atoms with Gasteiger partial charge < -0.3 is 10.1 Å². The van der Waals surface area contributed by atoms with Crippen LogP contribution in [-0.2, 0) is 11.2 Å². The van der Waals surface area contributed by atoms with Crippen LogP contribution in [0.25, 0.3) is 0 Å². The minimum atomic E-state index is 0.551. The Balaban J connectivity index is 1.98. The molecule has 96 valence electrons. The first-order valence-electron chi connectivity index (χ1n) is 6.34. The van der Waals surface area contributed by atoms with Gasteiger partial charge in [-0.3, -0.25) is 0 Å². The van der Waals surface area contributed by atoms with Gasteiger partial charge in [0.05, 0.1) is 6.61 Å². The summed E-state index contributed by atoms with van der Waals surface area (Å²) in [5.74, 6) is 0.665. The van der Waals surface area contributed by atoms with Gasteiger partial charge in [-0.15, -0.1) is 11.3 Å². The van der Waals surface area contributed by atoms with Crippen molar-refractivity contribution in [1.82, 2.24) is 5.32 Å². The zero-order valence-corrected chi connectivity index (χ0v) is 12.6. The van der Waals surface area contributed by atoms with E-state index >= 15 is 0 Å². The standard InChI is InChI=1S/C13H20BrNOS/c1-2-15-12(10-4-3-6-16-9-10)8-13-11(14)5-7-17-13/h5,7,10,12,15H,2-4,6,8-9H2,1H3. The quantitative estimate of drug-likeness (QED) is 0.898. The zero-order chi connectivity index (χ0) is 12.1. The van der Waals surface area contributed by atoms with E-state index in [1.807, 2.05) is 11.3 Å². The summed E-state index contributed by atoms with van der Waals surface area (Å²) in [5, 5.41) is 5.78. The highest BCUT2D eigenvalue weighted by atomic mass is 79.9. The second-order valence-corrected chi connectivity index (χ2v) is 6.39. The Morgan fingerprint density at radius 2 is 2.53 bits per heavy atom. The lowest BCUT2D eigenvalue weighted by atomic mass is 9.91. The molecular formula is C13H20BrNOS. The van der Waals surface area contributed by atoms with Gasteiger partial charge in [0.15, 0.2) is 0 Å². The van der Waals surface area contributed by atoms with E-state index in [0.29, 0.717) is 12.0 Å². The van der Waals surface area contributed by atoms with Crippen molar-refractivity contribution in [2.45, 2.75) is 32.2 Å². The average Bonchev–Trinajstić information content (AvgIpc) is 2.76. The second-order valence-electron chi connectivity index (χ2n) is 4.54. The van der Waals surface area contributed by atoms with Gasteiger partial charge in [-0.05, 0) is 59.1 Å². The number of hydrogen-bond acceptors (Lipinski definition) is 3. The smallest absolute Gasteiger partial charge is 0.0509 e. The summed E-state index contributed by atoms with van der Waals surface area (Å²) in [6.07, 6.45) is 3.61. The second kappa shape index (κ2) is 6.88. The van der Waals surface area contributed by atoms with Gasteiger partial charge in [-0.2, -0.15) is 0 Å². The van der Waals surface area contributed by atoms with Crippen molar-refractivity contribution in [3.63, 3.8) is 0 Å². The van der Waals surface area contributed by atoms with Gasteiger partial charge >= 0.3 is 0 Å². The molecule has 1 aromatic rings. The highest BCUT2D eigenvalue weighted by molar-refractivity contribution is 9.10. The van der Waals surface area contributed by atoms with Crippen LogP contribution in [0.15, 0.2) is 15.9 Å². The van der Waals surface area contributed by atoms with Crippen LogP contribution in [-0.4, -0.2) is 25.8 Å². The summed E-state index contributed by atoms with van der Waals surface area (Å²) in [5.41, 5.74) is 0. The Kier molecular flexibility index (Phi) is 5.48. The summed E-state index contributed by atoms with van der Waals surface area (Å²) in [4.78, 5) is 1.45. The fourth-order valence-corrected chi connectivity index (χ4v) is 4.00. The lowest BCUT2D eigenvalue weighted by molar-refractivity contribution is 0.0397. The van der Waals surface area contributed by atoms with E-state index in [1.165, 1.54) is 22.2 Å². The molecule has 0 amide bonds. The first kappa shape index (κ1) is 13.5. The molecule has 1 N–H and O–H groups in total. The van der Waals surface area contributed by atoms with Crippen molar-refractivity contribution in [2.75, 3.05) is 19.8 Å². The molecule has 1 saturated heterocycles. The molecule has 2 unspecified atom stereocenters. The summed E-state index contributed by atoms with van der Waals surface area (Å²) in [6, 6.07) is 2.69. The Labute approximate surface area is 116 Å². The van der Waals surface area contributed by atoms with E-state index in [0.717, 1.165) is 26.2 Å². The van der Waals surface area contributed by atoms with E-state index in [-0.39, 0.29) is 0 Å². The monoisotopic (exact) mass is 317 g/mol. The zero-order valence-electron chi connectivity index (χ0n) is 10.2. The van der Waals surface area contributed by atoms with Crippen molar-refractivity contribution < 1.29 is 4.74 Å². The first-order chi connectivity index (χ1) is 8.31. The number of hydrogen-bond donors (Lipinski definition) is 1. The van der Waals surface area contributed by atoms with Crippen LogP contribution in [0.2, 0.25) is 0 Å². The van der Waals surface area contributed by atoms with Crippen LogP contribution in [0.1, 0.15) is 24.6 Å². The molecule has 1 aromatic heterocycles. The molecule has 1 aliphatic rings. The fourth-order valence-electron chi connectivity index (χ4n) is 2.42. The summed E-state index contributed by atoms with van der Waals surface area (Å²) < 4.78 is 6.86. The third-order valence-electron chi connectivity index (χ3n) is 3.33. The van der Waals surface area contributed by atoms with Crippen molar-refractivity contribution in [1.29, 1.82) is 0 Å². The molecule has 2 rings (SSSR count). The Morgan fingerprint density at radius 3 is 3.12 bits per heavy atom. The minimum Gasteiger partial charge on any atom is -0.381 e. The summed E-state index contributed by atoms with van der Waals surface area (Å²) in [7, 11) is 0. The molecule has 2 heterocycles. The van der Waals surface area contributed by atoms with Gasteiger partial charge in [0.1, 0.15) is 0 Å². The van der Waals surface area contributed by atoms with E-state index in [4.69, 9.17) is 4.74 Å². The van der Waals surface area contributed by atoms with Crippen molar-refractivity contribution in [3.05, 3.63) is 20.8 Å². The highest BCUT2D eigenvalue weighted by Gasteiger charge is 2.24. The molecule has 0 saturated carbocycles. The first-order valence-corrected chi connectivity index (χ1v) is 8.01. The molecule has 1 fully saturated rings. The minimum absolute atomic E-state index is 0.551. The largest absolute Gasteiger partial charge is 0.381 e. The van der Waals surface area contributed by atoms with Crippen LogP contribution in [0, 0.1) is 5.92 Å². The number of halogens is 1. The lowest BCUT2D eigenvalue weighted by Crippen LogP contribution is -2.41. The average molecular weight is 318 g/mol. The van der Waals surface area contributed by atoms with Crippen molar-refractivity contribution in [3.8, 4) is 0 Å². The normalized spacial score (nSPS) is 22.6. The number of rotatable bonds is 5. The third kappa shape index (κ3) is 3.78. The SMILES string of the molecule is CCNC(Cc1sccc1Br)C1CCCOC1. The molecule has 0 bridgehead atoms. The highest BCUT2D eigenvalue weighted by Crippen LogP contribution is 2.27. The molecule has 0 radical (unpaired) electrons. The maximum Gasteiger partial charge on any atom is 0.0509 e. The third-order valence-corrected chi connectivity index (χ3v) is 5.28. The molecule has 17 heavy (non-hydrogen) atoms. The van der Waals surface area contributed by atoms with Crippen molar-refractivity contribution in [2.24, 2.45) is 5.92 Å². The lowest BCUT2D eigenvalue weighted by Gasteiger charge is -2.30. The van der Waals surface area contributed by atoms with Crippen LogP contribution in [0.3, 0.4) is 0 Å². The Morgan fingerprint density at radius 1 is 1.65 bits per heavy atom. The molecule has 0 aromatic carbocycles. The van der Waals surface area contributed by atoms with Crippen LogP contribution < -0.4 is 5.32 Å². The van der Waals surface area contributed by atoms with Crippen LogP contribution in [0.5, 0.6) is 0 Å². The maximum absolute atomic E-state index is 5.61. The Hall–Kier alpha value is 0.1000. The Bertz CT molecular complexity index is 336. The molecule has 0 spiro atoms.